The lowest BCUT2D eigenvalue weighted by molar-refractivity contribution is 0.282. The van der Waals surface area contributed by atoms with Crippen molar-refractivity contribution in [2.45, 2.75) is 0 Å². The number of benzene rings is 1. The summed E-state index contributed by atoms with van der Waals surface area (Å²) in [6.07, 6.45) is 1.83. The molecule has 0 unspecified atom stereocenters. The van der Waals surface area contributed by atoms with Gasteiger partial charge in [-0.3, -0.25) is 0 Å². The number of allylic oxidation sites excluding steroid dienone is 1. The van der Waals surface area contributed by atoms with Gasteiger partial charge in [-0.1, -0.05) is 24.8 Å². The van der Waals surface area contributed by atoms with Gasteiger partial charge in [0.1, 0.15) is 18.2 Å². The molecule has 1 heterocycles. The average Bonchev–Trinajstić information content (AvgIpc) is 2.52. The standard InChI is InChI=1S/C11H9FO/c1-8-9(6-7-13-8)10-4-2-3-5-11(10)12/h2-6H,1,7H2. The van der Waals surface area contributed by atoms with Gasteiger partial charge in [0.15, 0.2) is 0 Å². The molecular weight excluding hydrogens is 167 g/mol. The largest absolute Gasteiger partial charge is 0.489 e. The van der Waals surface area contributed by atoms with Crippen LogP contribution >= 0.6 is 0 Å². The zero-order valence-corrected chi connectivity index (χ0v) is 7.09. The SMILES string of the molecule is C=C1OCC=C1c1ccccc1F. The molecule has 0 aliphatic carbocycles. The molecule has 1 nitrogen and oxygen atoms in total. The van der Waals surface area contributed by atoms with Gasteiger partial charge >= 0.3 is 0 Å². The second-order valence-electron chi connectivity index (χ2n) is 2.83. The zero-order valence-electron chi connectivity index (χ0n) is 7.09. The van der Waals surface area contributed by atoms with Gasteiger partial charge in [-0.05, 0) is 12.1 Å². The summed E-state index contributed by atoms with van der Waals surface area (Å²) in [7, 11) is 0. The maximum atomic E-state index is 13.3. The van der Waals surface area contributed by atoms with E-state index in [1.54, 1.807) is 18.2 Å². The Morgan fingerprint density at radius 3 is 2.69 bits per heavy atom. The van der Waals surface area contributed by atoms with Gasteiger partial charge in [0.25, 0.3) is 0 Å². The highest BCUT2D eigenvalue weighted by molar-refractivity contribution is 5.78. The van der Waals surface area contributed by atoms with Gasteiger partial charge in [-0.2, -0.15) is 0 Å². The van der Waals surface area contributed by atoms with Crippen LogP contribution in [0.2, 0.25) is 0 Å². The van der Waals surface area contributed by atoms with Gasteiger partial charge < -0.3 is 4.74 Å². The van der Waals surface area contributed by atoms with Crippen molar-refractivity contribution >= 4 is 5.57 Å². The van der Waals surface area contributed by atoms with Gasteiger partial charge in [0.2, 0.25) is 0 Å². The summed E-state index contributed by atoms with van der Waals surface area (Å²) in [5, 5.41) is 0. The summed E-state index contributed by atoms with van der Waals surface area (Å²) in [5.41, 5.74) is 1.32. The van der Waals surface area contributed by atoms with Crippen molar-refractivity contribution in [2.75, 3.05) is 6.61 Å². The Hall–Kier alpha value is -1.57. The smallest absolute Gasteiger partial charge is 0.131 e. The number of hydrogen-bond donors (Lipinski definition) is 0. The van der Waals surface area contributed by atoms with E-state index in [-0.39, 0.29) is 5.82 Å². The van der Waals surface area contributed by atoms with E-state index in [0.29, 0.717) is 17.9 Å². The predicted molar refractivity (Wildman–Crippen MR) is 49.5 cm³/mol. The number of rotatable bonds is 1. The molecule has 2 rings (SSSR count). The van der Waals surface area contributed by atoms with Crippen molar-refractivity contribution < 1.29 is 9.13 Å². The molecule has 0 saturated carbocycles. The second-order valence-corrected chi connectivity index (χ2v) is 2.83. The molecule has 0 saturated heterocycles. The van der Waals surface area contributed by atoms with Crippen LogP contribution in [0.5, 0.6) is 0 Å². The van der Waals surface area contributed by atoms with Crippen molar-refractivity contribution in [2.24, 2.45) is 0 Å². The summed E-state index contributed by atoms with van der Waals surface area (Å²) in [6.45, 7) is 4.18. The summed E-state index contributed by atoms with van der Waals surface area (Å²) < 4.78 is 18.4. The van der Waals surface area contributed by atoms with Crippen LogP contribution in [0.1, 0.15) is 5.56 Å². The Morgan fingerprint density at radius 2 is 2.08 bits per heavy atom. The summed E-state index contributed by atoms with van der Waals surface area (Å²) in [5.74, 6) is 0.311. The van der Waals surface area contributed by atoms with Crippen molar-refractivity contribution in [3.63, 3.8) is 0 Å². The molecule has 1 aromatic carbocycles. The Morgan fingerprint density at radius 1 is 1.31 bits per heavy atom. The van der Waals surface area contributed by atoms with E-state index < -0.39 is 0 Å². The van der Waals surface area contributed by atoms with Gasteiger partial charge in [-0.25, -0.2) is 4.39 Å². The molecule has 0 N–H and O–H groups in total. The van der Waals surface area contributed by atoms with Crippen LogP contribution in [0.4, 0.5) is 4.39 Å². The fourth-order valence-corrected chi connectivity index (χ4v) is 1.36. The molecule has 13 heavy (non-hydrogen) atoms. The molecule has 0 radical (unpaired) electrons. The first-order valence-corrected chi connectivity index (χ1v) is 4.06. The fraction of sp³-hybridized carbons (Fsp3) is 0.0909. The molecule has 0 aromatic heterocycles. The highest BCUT2D eigenvalue weighted by Crippen LogP contribution is 2.28. The van der Waals surface area contributed by atoms with Crippen LogP contribution < -0.4 is 0 Å². The molecule has 0 atom stereocenters. The van der Waals surface area contributed by atoms with Gasteiger partial charge in [0, 0.05) is 11.1 Å². The maximum Gasteiger partial charge on any atom is 0.131 e. The third-order valence-electron chi connectivity index (χ3n) is 2.01. The molecule has 66 valence electrons. The maximum absolute atomic E-state index is 13.3. The molecule has 1 aliphatic rings. The topological polar surface area (TPSA) is 9.23 Å². The van der Waals surface area contributed by atoms with E-state index in [0.717, 1.165) is 5.57 Å². The van der Waals surface area contributed by atoms with E-state index in [9.17, 15) is 4.39 Å². The van der Waals surface area contributed by atoms with E-state index in [1.807, 2.05) is 6.08 Å². The second kappa shape index (κ2) is 3.05. The monoisotopic (exact) mass is 176 g/mol. The first-order valence-electron chi connectivity index (χ1n) is 4.06. The lowest BCUT2D eigenvalue weighted by atomic mass is 10.1. The molecule has 0 fully saturated rings. The van der Waals surface area contributed by atoms with E-state index in [1.165, 1.54) is 6.07 Å². The summed E-state index contributed by atoms with van der Waals surface area (Å²) >= 11 is 0. The minimum atomic E-state index is -0.236. The third kappa shape index (κ3) is 1.35. The van der Waals surface area contributed by atoms with E-state index in [4.69, 9.17) is 4.74 Å². The van der Waals surface area contributed by atoms with Gasteiger partial charge in [0.05, 0.1) is 0 Å². The minimum absolute atomic E-state index is 0.236. The van der Waals surface area contributed by atoms with Crippen LogP contribution in [0.25, 0.3) is 5.57 Å². The molecule has 0 bridgehead atoms. The first-order chi connectivity index (χ1) is 6.29. The fourth-order valence-electron chi connectivity index (χ4n) is 1.36. The Kier molecular flexibility index (Phi) is 1.89. The lowest BCUT2D eigenvalue weighted by Crippen LogP contribution is -1.89. The van der Waals surface area contributed by atoms with Crippen molar-refractivity contribution in [3.05, 3.63) is 54.1 Å². The molecule has 0 spiro atoms. The minimum Gasteiger partial charge on any atom is -0.489 e. The molecule has 2 heteroatoms. The van der Waals surface area contributed by atoms with Crippen molar-refractivity contribution in [3.8, 4) is 0 Å². The highest BCUT2D eigenvalue weighted by atomic mass is 19.1. The quantitative estimate of drug-likeness (QED) is 0.639. The average molecular weight is 176 g/mol. The molecule has 1 aromatic rings. The number of ether oxygens (including phenoxy) is 1. The summed E-state index contributed by atoms with van der Waals surface area (Å²) in [6, 6.07) is 6.62. The van der Waals surface area contributed by atoms with E-state index in [2.05, 4.69) is 6.58 Å². The summed E-state index contributed by atoms with van der Waals surface area (Å²) in [4.78, 5) is 0. The van der Waals surface area contributed by atoms with E-state index >= 15 is 0 Å². The molecule has 0 amide bonds. The van der Waals surface area contributed by atoms with Crippen LogP contribution in [-0.4, -0.2) is 6.61 Å². The first kappa shape index (κ1) is 8.05. The van der Waals surface area contributed by atoms with Crippen LogP contribution in [-0.2, 0) is 4.74 Å². The molecular formula is C11H9FO. The highest BCUT2D eigenvalue weighted by Gasteiger charge is 2.15. The zero-order chi connectivity index (χ0) is 9.26. The number of halogens is 1. The van der Waals surface area contributed by atoms with Crippen LogP contribution in [0, 0.1) is 5.82 Å². The van der Waals surface area contributed by atoms with Gasteiger partial charge in [-0.15, -0.1) is 0 Å². The van der Waals surface area contributed by atoms with Crippen molar-refractivity contribution in [1.29, 1.82) is 0 Å². The number of hydrogen-bond acceptors (Lipinski definition) is 1. The normalized spacial score (nSPS) is 15.5. The van der Waals surface area contributed by atoms with Crippen LogP contribution in [0.3, 0.4) is 0 Å². The Labute approximate surface area is 76.2 Å². The predicted octanol–water partition coefficient (Wildman–Crippen LogP) is 2.75. The Balaban J connectivity index is 2.46. The lowest BCUT2D eigenvalue weighted by Gasteiger charge is -2.04. The third-order valence-corrected chi connectivity index (χ3v) is 2.01. The van der Waals surface area contributed by atoms with Crippen LogP contribution in [0.15, 0.2) is 42.7 Å². The molecule has 1 aliphatic heterocycles. The Bertz CT molecular complexity index is 379. The van der Waals surface area contributed by atoms with Crippen molar-refractivity contribution in [1.82, 2.24) is 0 Å².